The Morgan fingerprint density at radius 3 is 2.63 bits per heavy atom. The number of halogens is 1. The summed E-state index contributed by atoms with van der Waals surface area (Å²) in [6, 6.07) is 17.2. The van der Waals surface area contributed by atoms with E-state index < -0.39 is 18.0 Å². The first-order chi connectivity index (χ1) is 17.0. The molecule has 0 saturated carbocycles. The highest BCUT2D eigenvalue weighted by atomic mass is 19.1. The second kappa shape index (κ2) is 10.6. The van der Waals surface area contributed by atoms with Crippen LogP contribution in [-0.2, 0) is 11.2 Å². The lowest BCUT2D eigenvalue weighted by atomic mass is 10.1. The number of fused-ring (bicyclic) bond motifs is 1. The summed E-state index contributed by atoms with van der Waals surface area (Å²) >= 11 is 0. The molecule has 2 aromatic carbocycles. The lowest BCUT2D eigenvalue weighted by Gasteiger charge is -2.14. The van der Waals surface area contributed by atoms with E-state index in [1.54, 1.807) is 47.0 Å². The van der Waals surface area contributed by atoms with Crippen molar-refractivity contribution >= 4 is 23.2 Å². The van der Waals surface area contributed by atoms with Gasteiger partial charge in [-0.25, -0.2) is 8.91 Å². The largest absolute Gasteiger partial charge is 0.372 e. The quantitative estimate of drug-likeness (QED) is 0.204. The first kappa shape index (κ1) is 23.7. The van der Waals surface area contributed by atoms with Crippen molar-refractivity contribution in [3.63, 3.8) is 0 Å². The van der Waals surface area contributed by atoms with Gasteiger partial charge in [-0.2, -0.15) is 4.98 Å². The summed E-state index contributed by atoms with van der Waals surface area (Å²) in [5, 5.41) is 20.3. The minimum Gasteiger partial charge on any atom is -0.372 e. The number of nitrogens with zero attached hydrogens (tertiary/aromatic N) is 3. The number of allylic oxidation sites excluding steroid dienone is 1. The van der Waals surface area contributed by atoms with Gasteiger partial charge in [-0.3, -0.25) is 4.79 Å². The fraction of sp³-hybridized carbons (Fsp3) is 0.148. The van der Waals surface area contributed by atoms with Gasteiger partial charge in [0.05, 0.1) is 12.3 Å². The van der Waals surface area contributed by atoms with Crippen LogP contribution < -0.4 is 10.6 Å². The predicted molar refractivity (Wildman–Crippen MR) is 134 cm³/mol. The van der Waals surface area contributed by atoms with E-state index in [2.05, 4.69) is 26.6 Å². The molecular weight excluding hydrogens is 445 g/mol. The molecule has 7 nitrogen and oxygen atoms in total. The number of hydrogen-bond donors (Lipinski definition) is 3. The van der Waals surface area contributed by atoms with Crippen LogP contribution in [0.4, 0.5) is 16.0 Å². The Kier molecular flexibility index (Phi) is 7.19. The number of nitrogens with one attached hydrogen (secondary N) is 2. The second-order valence-corrected chi connectivity index (χ2v) is 7.86. The van der Waals surface area contributed by atoms with Crippen LogP contribution in [0.3, 0.4) is 0 Å². The lowest BCUT2D eigenvalue weighted by Crippen LogP contribution is -2.27. The van der Waals surface area contributed by atoms with Gasteiger partial charge in [0.15, 0.2) is 5.65 Å². The maximum absolute atomic E-state index is 13.8. The van der Waals surface area contributed by atoms with E-state index in [9.17, 15) is 14.3 Å². The number of carbonyl (C=O) groups excluding carboxylic acids is 1. The van der Waals surface area contributed by atoms with Gasteiger partial charge >= 0.3 is 0 Å². The molecule has 0 aliphatic heterocycles. The molecule has 0 aliphatic carbocycles. The average molecular weight is 470 g/mol. The molecule has 2 atom stereocenters. The van der Waals surface area contributed by atoms with Crippen molar-refractivity contribution in [2.24, 2.45) is 5.92 Å². The lowest BCUT2D eigenvalue weighted by molar-refractivity contribution is -0.115. The molecule has 0 aliphatic rings. The van der Waals surface area contributed by atoms with Crippen LogP contribution in [0.25, 0.3) is 16.8 Å². The van der Waals surface area contributed by atoms with Crippen molar-refractivity contribution in [2.75, 3.05) is 10.6 Å². The Morgan fingerprint density at radius 2 is 1.91 bits per heavy atom. The summed E-state index contributed by atoms with van der Waals surface area (Å²) < 4.78 is 15.4. The van der Waals surface area contributed by atoms with E-state index >= 15 is 0 Å². The summed E-state index contributed by atoms with van der Waals surface area (Å²) in [5.74, 6) is 1.57. The topological polar surface area (TPSA) is 91.5 Å². The third-order valence-corrected chi connectivity index (χ3v) is 5.35. The zero-order chi connectivity index (χ0) is 24.8. The number of amides is 1. The summed E-state index contributed by atoms with van der Waals surface area (Å²) in [4.78, 5) is 16.6. The van der Waals surface area contributed by atoms with Gasteiger partial charge in [-0.15, -0.1) is 11.5 Å². The monoisotopic (exact) mass is 469 g/mol. The molecule has 0 spiro atoms. The number of aliphatic hydroxyl groups excluding tert-OH is 1. The van der Waals surface area contributed by atoms with E-state index in [-0.39, 0.29) is 18.3 Å². The molecule has 0 bridgehead atoms. The summed E-state index contributed by atoms with van der Waals surface area (Å²) in [6.07, 6.45) is 9.72. The van der Waals surface area contributed by atoms with Gasteiger partial charge in [-0.05, 0) is 48.4 Å². The van der Waals surface area contributed by atoms with E-state index in [4.69, 9.17) is 6.42 Å². The number of aromatic nitrogens is 3. The summed E-state index contributed by atoms with van der Waals surface area (Å²) in [7, 11) is 0. The number of hydrogen-bond acceptors (Lipinski definition) is 5. The minimum atomic E-state index is -1.02. The number of aliphatic hydroxyl groups is 1. The van der Waals surface area contributed by atoms with Gasteiger partial charge in [0, 0.05) is 17.4 Å². The van der Waals surface area contributed by atoms with Gasteiger partial charge < -0.3 is 15.7 Å². The Balaban J connectivity index is 1.44. The van der Waals surface area contributed by atoms with E-state index in [0.29, 0.717) is 16.9 Å². The molecule has 2 aromatic heterocycles. The molecular formula is C27H24FN5O2. The van der Waals surface area contributed by atoms with Crippen LogP contribution in [0.5, 0.6) is 0 Å². The summed E-state index contributed by atoms with van der Waals surface area (Å²) in [6.45, 7) is 1.83. The third kappa shape index (κ3) is 5.72. The van der Waals surface area contributed by atoms with Crippen LogP contribution in [0.15, 0.2) is 79.0 Å². The normalized spacial score (nSPS) is 12.9. The van der Waals surface area contributed by atoms with Crippen molar-refractivity contribution in [3.8, 4) is 23.5 Å². The molecule has 35 heavy (non-hydrogen) atoms. The predicted octanol–water partition coefficient (Wildman–Crippen LogP) is 4.27. The van der Waals surface area contributed by atoms with Crippen LogP contribution in [0, 0.1) is 24.1 Å². The molecule has 0 fully saturated rings. The first-order valence-corrected chi connectivity index (χ1v) is 11.0. The molecule has 4 aromatic rings. The summed E-state index contributed by atoms with van der Waals surface area (Å²) in [5.41, 5.74) is 3.35. The van der Waals surface area contributed by atoms with Gasteiger partial charge in [0.25, 0.3) is 0 Å². The molecule has 4 rings (SSSR count). The Morgan fingerprint density at radius 1 is 1.17 bits per heavy atom. The van der Waals surface area contributed by atoms with Crippen molar-refractivity contribution < 1.29 is 14.3 Å². The fourth-order valence-corrected chi connectivity index (χ4v) is 3.56. The smallest absolute Gasteiger partial charge is 0.245 e. The zero-order valence-corrected chi connectivity index (χ0v) is 19.0. The van der Waals surface area contributed by atoms with Crippen molar-refractivity contribution in [1.82, 2.24) is 14.6 Å². The highest BCUT2D eigenvalue weighted by molar-refractivity contribution is 5.92. The molecule has 0 radical (unpaired) electrons. The molecule has 0 saturated heterocycles. The fourth-order valence-electron chi connectivity index (χ4n) is 3.56. The van der Waals surface area contributed by atoms with Crippen molar-refractivity contribution in [2.45, 2.75) is 19.6 Å². The van der Waals surface area contributed by atoms with Crippen LogP contribution in [0.1, 0.15) is 12.5 Å². The Bertz CT molecular complexity index is 1410. The maximum Gasteiger partial charge on any atom is 0.245 e. The second-order valence-electron chi connectivity index (χ2n) is 7.86. The molecule has 8 heteroatoms. The Labute approximate surface area is 202 Å². The van der Waals surface area contributed by atoms with Crippen LogP contribution >= 0.6 is 0 Å². The van der Waals surface area contributed by atoms with E-state index in [1.807, 2.05) is 37.4 Å². The zero-order valence-electron chi connectivity index (χ0n) is 19.0. The number of anilines is 2. The third-order valence-electron chi connectivity index (χ3n) is 5.35. The highest BCUT2D eigenvalue weighted by Gasteiger charge is 2.16. The van der Waals surface area contributed by atoms with Crippen LogP contribution in [0.2, 0.25) is 0 Å². The highest BCUT2D eigenvalue weighted by Crippen LogP contribution is 2.23. The molecule has 3 N–H and O–H groups in total. The van der Waals surface area contributed by atoms with E-state index in [0.717, 1.165) is 11.1 Å². The standard InChI is InChI=1S/C27H24FN5O2/c1-3-7-18(4-2)26(35)31-27-30-24-15-12-21(17-33(24)32-27)19-10-13-22(14-11-19)29-25(34)16-20-8-5-6-9-23(20)28/h2-3,5-15,17-18,26,35H,16H2,1H3,(H,29,34)(H,31,32)/b7-3-. The van der Waals surface area contributed by atoms with Gasteiger partial charge in [0.1, 0.15) is 12.0 Å². The SMILES string of the molecule is C#CC(/C=C\C)C(O)Nc1nc2ccc(-c3ccc(NC(=O)Cc4ccccc4F)cc3)cn2n1. The number of pyridine rings is 1. The number of rotatable bonds is 8. The van der Waals surface area contributed by atoms with Crippen LogP contribution in [-0.4, -0.2) is 31.8 Å². The minimum absolute atomic E-state index is 0.0424. The number of carbonyl (C=O) groups is 1. The number of terminal acetylenes is 1. The molecule has 1 amide bonds. The Hall–Kier alpha value is -4.48. The maximum atomic E-state index is 13.8. The molecule has 176 valence electrons. The van der Waals surface area contributed by atoms with E-state index in [1.165, 1.54) is 6.07 Å². The van der Waals surface area contributed by atoms with Gasteiger partial charge in [-0.1, -0.05) is 48.4 Å². The van der Waals surface area contributed by atoms with Gasteiger partial charge in [0.2, 0.25) is 11.9 Å². The van der Waals surface area contributed by atoms with Crippen molar-refractivity contribution in [3.05, 3.63) is 90.4 Å². The average Bonchev–Trinajstić information content (AvgIpc) is 3.25. The first-order valence-electron chi connectivity index (χ1n) is 11.0. The van der Waals surface area contributed by atoms with Crippen molar-refractivity contribution in [1.29, 1.82) is 0 Å². The molecule has 2 heterocycles. The molecule has 2 unspecified atom stereocenters. The number of benzene rings is 2.